The van der Waals surface area contributed by atoms with Crippen molar-refractivity contribution < 1.29 is 18.7 Å². The number of thiophene rings is 2. The van der Waals surface area contributed by atoms with Gasteiger partial charge in [-0.1, -0.05) is 60.3 Å². The van der Waals surface area contributed by atoms with Gasteiger partial charge in [-0.05, 0) is 36.2 Å². The number of aromatic nitrogens is 2. The van der Waals surface area contributed by atoms with E-state index in [0.29, 0.717) is 31.5 Å². The molecule has 1 N–H and O–H groups in total. The summed E-state index contributed by atoms with van der Waals surface area (Å²) in [6.07, 6.45) is 1.59. The second-order valence-electron chi connectivity index (χ2n) is 8.71. The van der Waals surface area contributed by atoms with Gasteiger partial charge in [0.05, 0.1) is 23.3 Å². The molecule has 11 heteroatoms. The molecule has 7 nitrogen and oxygen atoms in total. The molecule has 5 rings (SSSR count). The summed E-state index contributed by atoms with van der Waals surface area (Å²) in [6, 6.07) is 17.2. The number of hydrogen-bond acceptors (Lipinski definition) is 8. The first kappa shape index (κ1) is 28.5. The fourth-order valence-electron chi connectivity index (χ4n) is 4.13. The third-order valence-corrected chi connectivity index (χ3v) is 8.94. The minimum atomic E-state index is -0.518. The molecule has 2 aromatic carbocycles. The molecular formula is C30H24FN3O4S3. The lowest BCUT2D eigenvalue weighted by Crippen LogP contribution is -2.23. The maximum atomic E-state index is 13.6. The van der Waals surface area contributed by atoms with Gasteiger partial charge in [0, 0.05) is 22.4 Å². The van der Waals surface area contributed by atoms with Crippen molar-refractivity contribution >= 4 is 61.5 Å². The molecule has 3 aromatic heterocycles. The minimum absolute atomic E-state index is 0.0495. The number of thioether (sulfide) groups is 1. The van der Waals surface area contributed by atoms with Gasteiger partial charge in [-0.15, -0.1) is 29.3 Å². The van der Waals surface area contributed by atoms with Crippen molar-refractivity contribution in [1.82, 2.24) is 9.55 Å². The summed E-state index contributed by atoms with van der Waals surface area (Å²) in [5, 5.41) is 5.85. The van der Waals surface area contributed by atoms with E-state index in [2.05, 4.69) is 16.9 Å². The molecule has 0 unspecified atom stereocenters. The topological polar surface area (TPSA) is 90.3 Å². The predicted octanol–water partition coefficient (Wildman–Crippen LogP) is 7.09. The van der Waals surface area contributed by atoms with Crippen molar-refractivity contribution in [3.8, 4) is 21.6 Å². The van der Waals surface area contributed by atoms with Crippen LogP contribution in [0.25, 0.3) is 31.8 Å². The van der Waals surface area contributed by atoms with Crippen LogP contribution < -0.4 is 10.9 Å². The lowest BCUT2D eigenvalue weighted by Gasteiger charge is -2.11. The molecule has 0 saturated carbocycles. The lowest BCUT2D eigenvalue weighted by atomic mass is 10.1. The average Bonchev–Trinajstić information content (AvgIpc) is 3.59. The Balaban J connectivity index is 1.40. The number of carbonyl (C=O) groups excluding carboxylic acids is 2. The van der Waals surface area contributed by atoms with Crippen molar-refractivity contribution in [2.24, 2.45) is 0 Å². The van der Waals surface area contributed by atoms with Crippen LogP contribution in [0.3, 0.4) is 0 Å². The Morgan fingerprint density at radius 2 is 1.90 bits per heavy atom. The number of allylic oxidation sites excluding steroid dienone is 1. The van der Waals surface area contributed by atoms with Crippen LogP contribution >= 0.6 is 34.4 Å². The van der Waals surface area contributed by atoms with Crippen molar-refractivity contribution in [2.75, 3.05) is 17.7 Å². The van der Waals surface area contributed by atoms with Gasteiger partial charge in [0.2, 0.25) is 5.91 Å². The van der Waals surface area contributed by atoms with Crippen LogP contribution in [0.15, 0.2) is 88.6 Å². The highest BCUT2D eigenvalue weighted by Crippen LogP contribution is 2.36. The van der Waals surface area contributed by atoms with E-state index in [1.807, 2.05) is 35.7 Å². The Labute approximate surface area is 247 Å². The van der Waals surface area contributed by atoms with E-state index in [1.54, 1.807) is 31.2 Å². The van der Waals surface area contributed by atoms with Crippen LogP contribution in [0, 0.1) is 5.82 Å². The van der Waals surface area contributed by atoms with E-state index in [9.17, 15) is 18.8 Å². The molecule has 0 radical (unpaired) electrons. The summed E-state index contributed by atoms with van der Waals surface area (Å²) >= 11 is 3.71. The van der Waals surface area contributed by atoms with Crippen molar-refractivity contribution in [2.45, 2.75) is 18.6 Å². The summed E-state index contributed by atoms with van der Waals surface area (Å²) in [7, 11) is 0. The first-order valence-corrected chi connectivity index (χ1v) is 15.3. The highest BCUT2D eigenvalue weighted by molar-refractivity contribution is 7.99. The van der Waals surface area contributed by atoms with Crippen LogP contribution in [0.2, 0.25) is 0 Å². The van der Waals surface area contributed by atoms with Gasteiger partial charge in [-0.3, -0.25) is 14.2 Å². The first-order valence-electron chi connectivity index (χ1n) is 12.6. The van der Waals surface area contributed by atoms with Crippen LogP contribution in [0.5, 0.6) is 0 Å². The van der Waals surface area contributed by atoms with Crippen LogP contribution in [-0.4, -0.2) is 33.8 Å². The lowest BCUT2D eigenvalue weighted by molar-refractivity contribution is -0.113. The summed E-state index contributed by atoms with van der Waals surface area (Å²) in [5.41, 5.74) is 2.32. The minimum Gasteiger partial charge on any atom is -0.462 e. The number of esters is 1. The van der Waals surface area contributed by atoms with Crippen molar-refractivity contribution in [3.05, 3.63) is 100 Å². The maximum absolute atomic E-state index is 13.6. The zero-order valence-electron chi connectivity index (χ0n) is 21.9. The highest BCUT2D eigenvalue weighted by Gasteiger charge is 2.21. The Hall–Kier alpha value is -4.06. The number of nitrogens with one attached hydrogen (secondary N) is 1. The molecule has 3 heterocycles. The number of halogens is 1. The van der Waals surface area contributed by atoms with Gasteiger partial charge >= 0.3 is 5.97 Å². The van der Waals surface area contributed by atoms with Crippen LogP contribution in [0.4, 0.5) is 9.39 Å². The zero-order chi connectivity index (χ0) is 28.9. The van der Waals surface area contributed by atoms with Gasteiger partial charge in [0.1, 0.15) is 15.6 Å². The first-order chi connectivity index (χ1) is 19.9. The van der Waals surface area contributed by atoms with E-state index < -0.39 is 5.97 Å². The van der Waals surface area contributed by atoms with E-state index in [0.717, 1.165) is 22.2 Å². The number of ether oxygens (including phenoxy) is 1. The summed E-state index contributed by atoms with van der Waals surface area (Å²) in [4.78, 5) is 45.3. The molecule has 0 bridgehead atoms. The molecule has 1 amide bonds. The van der Waals surface area contributed by atoms with Gasteiger partial charge in [0.15, 0.2) is 5.16 Å². The fourth-order valence-corrected chi connectivity index (χ4v) is 6.99. The Kier molecular flexibility index (Phi) is 8.77. The van der Waals surface area contributed by atoms with Gasteiger partial charge in [-0.25, -0.2) is 14.2 Å². The molecule has 0 fully saturated rings. The van der Waals surface area contributed by atoms with Gasteiger partial charge < -0.3 is 10.1 Å². The van der Waals surface area contributed by atoms with E-state index >= 15 is 0 Å². The molecule has 0 aliphatic carbocycles. The van der Waals surface area contributed by atoms with Crippen LogP contribution in [0.1, 0.15) is 17.3 Å². The third-order valence-electron chi connectivity index (χ3n) is 6.00. The third kappa shape index (κ3) is 6.17. The highest BCUT2D eigenvalue weighted by atomic mass is 32.2. The smallest absolute Gasteiger partial charge is 0.341 e. The maximum Gasteiger partial charge on any atom is 0.341 e. The number of amides is 1. The zero-order valence-corrected chi connectivity index (χ0v) is 24.3. The van der Waals surface area contributed by atoms with E-state index in [4.69, 9.17) is 4.74 Å². The van der Waals surface area contributed by atoms with E-state index in [1.165, 1.54) is 39.4 Å². The molecule has 208 valence electrons. The number of benzene rings is 2. The molecule has 0 atom stereocenters. The van der Waals surface area contributed by atoms with Crippen LogP contribution in [-0.2, 0) is 16.1 Å². The summed E-state index contributed by atoms with van der Waals surface area (Å²) in [5.74, 6) is -1.29. The average molecular weight is 606 g/mol. The molecule has 0 aliphatic heterocycles. The van der Waals surface area contributed by atoms with E-state index in [-0.39, 0.29) is 41.8 Å². The second kappa shape index (κ2) is 12.6. The largest absolute Gasteiger partial charge is 0.462 e. The SMILES string of the molecule is C=CCn1c(SCC(=O)Nc2sc(-c3ccccc3)cc2C(=O)OCC)nc2scc(-c3ccc(F)cc3)c2c1=O. The quantitative estimate of drug-likeness (QED) is 0.0792. The Morgan fingerprint density at radius 3 is 2.61 bits per heavy atom. The molecular weight excluding hydrogens is 582 g/mol. The molecule has 5 aromatic rings. The Bertz CT molecular complexity index is 1790. The number of nitrogens with zero attached hydrogens (tertiary/aromatic N) is 2. The number of fused-ring (bicyclic) bond motifs is 1. The molecule has 0 spiro atoms. The number of carbonyl (C=O) groups is 2. The molecule has 0 saturated heterocycles. The number of anilines is 1. The fraction of sp³-hybridized carbons (Fsp3) is 0.133. The standard InChI is InChI=1S/C30H24FN3O4S3/c1-3-14-34-28(36)25-22(18-10-12-20(31)13-11-18)16-39-27(25)33-30(34)40-17-24(35)32-26-21(29(37)38-4-2)15-23(41-26)19-8-6-5-7-9-19/h3,5-13,15-16H,1,4,14,17H2,2H3,(H,32,35). The predicted molar refractivity (Wildman–Crippen MR) is 165 cm³/mol. The Morgan fingerprint density at radius 1 is 1.15 bits per heavy atom. The molecule has 41 heavy (non-hydrogen) atoms. The monoisotopic (exact) mass is 605 g/mol. The van der Waals surface area contributed by atoms with Gasteiger partial charge in [0.25, 0.3) is 5.56 Å². The summed E-state index contributed by atoms with van der Waals surface area (Å²) in [6.45, 7) is 5.89. The number of rotatable bonds is 10. The molecule has 0 aliphatic rings. The van der Waals surface area contributed by atoms with Gasteiger partial charge in [-0.2, -0.15) is 0 Å². The number of hydrogen-bond donors (Lipinski definition) is 1. The normalized spacial score (nSPS) is 11.0. The van der Waals surface area contributed by atoms with Crippen molar-refractivity contribution in [1.29, 1.82) is 0 Å². The van der Waals surface area contributed by atoms with Crippen molar-refractivity contribution in [3.63, 3.8) is 0 Å². The summed E-state index contributed by atoms with van der Waals surface area (Å²) < 4.78 is 20.1. The second-order valence-corrected chi connectivity index (χ2v) is 11.6.